The summed E-state index contributed by atoms with van der Waals surface area (Å²) in [6.07, 6.45) is 1.74. The average molecular weight is 254 g/mol. The molecule has 1 atom stereocenters. The molecule has 3 nitrogen and oxygen atoms in total. The van der Waals surface area contributed by atoms with Crippen molar-refractivity contribution in [3.63, 3.8) is 0 Å². The number of aryl methyl sites for hydroxylation is 1. The van der Waals surface area contributed by atoms with Gasteiger partial charge < -0.3 is 0 Å². The predicted molar refractivity (Wildman–Crippen MR) is 67.5 cm³/mol. The Balaban J connectivity index is 2.32. The van der Waals surface area contributed by atoms with Crippen molar-refractivity contribution >= 4 is 22.9 Å². The Bertz CT molecular complexity index is 466. The monoisotopic (exact) mass is 253 g/mol. The van der Waals surface area contributed by atoms with Gasteiger partial charge in [0.25, 0.3) is 0 Å². The highest BCUT2D eigenvalue weighted by Crippen LogP contribution is 2.27. The van der Waals surface area contributed by atoms with Gasteiger partial charge in [-0.15, -0.1) is 11.3 Å². The molecule has 0 aliphatic carbocycles. The first-order valence-electron chi connectivity index (χ1n) is 4.84. The van der Waals surface area contributed by atoms with Gasteiger partial charge in [-0.2, -0.15) is 0 Å². The zero-order valence-electron chi connectivity index (χ0n) is 8.77. The highest BCUT2D eigenvalue weighted by Gasteiger charge is 2.14. The summed E-state index contributed by atoms with van der Waals surface area (Å²) in [5.74, 6) is 5.58. The smallest absolute Gasteiger partial charge is 0.129 e. The van der Waals surface area contributed by atoms with Crippen LogP contribution >= 0.6 is 22.9 Å². The van der Waals surface area contributed by atoms with Crippen LogP contribution in [0.5, 0.6) is 0 Å². The van der Waals surface area contributed by atoms with E-state index in [-0.39, 0.29) is 6.04 Å². The molecule has 2 rings (SSSR count). The normalized spacial score (nSPS) is 12.7. The molecule has 5 heteroatoms. The Morgan fingerprint density at radius 3 is 2.69 bits per heavy atom. The number of hydrazine groups is 1. The van der Waals surface area contributed by atoms with Crippen LogP contribution in [0.4, 0.5) is 0 Å². The van der Waals surface area contributed by atoms with E-state index < -0.39 is 0 Å². The molecule has 2 aromatic heterocycles. The molecule has 16 heavy (non-hydrogen) atoms. The van der Waals surface area contributed by atoms with Crippen LogP contribution in [-0.4, -0.2) is 4.98 Å². The van der Waals surface area contributed by atoms with E-state index in [2.05, 4.69) is 29.5 Å². The predicted octanol–water partition coefficient (Wildman–Crippen LogP) is 2.66. The largest absolute Gasteiger partial charge is 0.271 e. The molecule has 2 aromatic rings. The molecule has 0 fully saturated rings. The van der Waals surface area contributed by atoms with E-state index in [1.807, 2.05) is 6.07 Å². The van der Waals surface area contributed by atoms with E-state index in [4.69, 9.17) is 17.4 Å². The lowest BCUT2D eigenvalue weighted by Crippen LogP contribution is -2.28. The molecule has 0 aromatic carbocycles. The lowest BCUT2D eigenvalue weighted by molar-refractivity contribution is 0.644. The molecule has 2 heterocycles. The summed E-state index contributed by atoms with van der Waals surface area (Å²) in [7, 11) is 0. The van der Waals surface area contributed by atoms with Crippen molar-refractivity contribution in [1.29, 1.82) is 0 Å². The van der Waals surface area contributed by atoms with Crippen molar-refractivity contribution in [1.82, 2.24) is 10.4 Å². The number of aromatic nitrogens is 1. The maximum absolute atomic E-state index is 5.75. The third kappa shape index (κ3) is 2.41. The molecular weight excluding hydrogens is 242 g/mol. The molecule has 84 valence electrons. The Kier molecular flexibility index (Phi) is 3.56. The van der Waals surface area contributed by atoms with Crippen LogP contribution in [0.25, 0.3) is 0 Å². The van der Waals surface area contributed by atoms with Crippen molar-refractivity contribution in [3.8, 4) is 0 Å². The van der Waals surface area contributed by atoms with Gasteiger partial charge in [-0.25, -0.2) is 10.4 Å². The van der Waals surface area contributed by atoms with Gasteiger partial charge in [0.05, 0.1) is 6.04 Å². The summed E-state index contributed by atoms with van der Waals surface area (Å²) in [5.41, 5.74) is 3.80. The van der Waals surface area contributed by atoms with Gasteiger partial charge in [-0.3, -0.25) is 5.84 Å². The van der Waals surface area contributed by atoms with E-state index in [9.17, 15) is 0 Å². The van der Waals surface area contributed by atoms with Gasteiger partial charge in [0.15, 0.2) is 0 Å². The molecule has 0 aliphatic rings. The van der Waals surface area contributed by atoms with Crippen molar-refractivity contribution in [2.75, 3.05) is 0 Å². The van der Waals surface area contributed by atoms with Crippen LogP contribution in [0.2, 0.25) is 5.15 Å². The standard InChI is InChI=1S/C11H12ClN3S/c1-7-2-4-9(16-7)11(15-13)8-3-5-10(12)14-6-8/h2-6,11,15H,13H2,1H3. The zero-order chi connectivity index (χ0) is 11.5. The third-order valence-corrected chi connectivity index (χ3v) is 3.59. The first-order valence-corrected chi connectivity index (χ1v) is 6.04. The topological polar surface area (TPSA) is 50.9 Å². The number of thiophene rings is 1. The van der Waals surface area contributed by atoms with Gasteiger partial charge in [0.2, 0.25) is 0 Å². The van der Waals surface area contributed by atoms with E-state index >= 15 is 0 Å². The van der Waals surface area contributed by atoms with E-state index in [1.165, 1.54) is 9.75 Å². The molecule has 0 saturated heterocycles. The molecule has 0 bridgehead atoms. The fourth-order valence-corrected chi connectivity index (χ4v) is 2.59. The lowest BCUT2D eigenvalue weighted by atomic mass is 10.1. The number of nitrogens with two attached hydrogens (primary N) is 1. The third-order valence-electron chi connectivity index (χ3n) is 2.30. The quantitative estimate of drug-likeness (QED) is 0.502. The van der Waals surface area contributed by atoms with Gasteiger partial charge in [0.1, 0.15) is 5.15 Å². The second-order valence-electron chi connectivity index (χ2n) is 3.46. The molecule has 0 radical (unpaired) electrons. The number of nitrogens with zero attached hydrogens (tertiary/aromatic N) is 1. The molecule has 1 unspecified atom stereocenters. The number of nitrogens with one attached hydrogen (secondary N) is 1. The minimum absolute atomic E-state index is 0.0246. The van der Waals surface area contributed by atoms with Crippen LogP contribution in [0.15, 0.2) is 30.5 Å². The van der Waals surface area contributed by atoms with Crippen molar-refractivity contribution in [2.45, 2.75) is 13.0 Å². The second kappa shape index (κ2) is 4.93. The first kappa shape index (κ1) is 11.5. The SMILES string of the molecule is Cc1ccc(C(NN)c2ccc(Cl)nc2)s1. The molecule has 3 N–H and O–H groups in total. The molecule has 0 amide bonds. The van der Waals surface area contributed by atoms with Crippen LogP contribution in [-0.2, 0) is 0 Å². The van der Waals surface area contributed by atoms with E-state index in [0.29, 0.717) is 5.15 Å². The summed E-state index contributed by atoms with van der Waals surface area (Å²) in [4.78, 5) is 6.49. The minimum Gasteiger partial charge on any atom is -0.271 e. The number of halogens is 1. The number of rotatable bonds is 3. The van der Waals surface area contributed by atoms with Crippen molar-refractivity contribution in [2.24, 2.45) is 5.84 Å². The van der Waals surface area contributed by atoms with E-state index in [0.717, 1.165) is 5.56 Å². The summed E-state index contributed by atoms with van der Waals surface area (Å²) >= 11 is 7.47. The number of hydrogen-bond donors (Lipinski definition) is 2. The van der Waals surface area contributed by atoms with Crippen LogP contribution in [0.3, 0.4) is 0 Å². The fraction of sp³-hybridized carbons (Fsp3) is 0.182. The Labute approximate surface area is 103 Å². The maximum atomic E-state index is 5.75. The van der Waals surface area contributed by atoms with Crippen LogP contribution < -0.4 is 11.3 Å². The van der Waals surface area contributed by atoms with Crippen LogP contribution in [0, 0.1) is 6.92 Å². The van der Waals surface area contributed by atoms with Crippen molar-refractivity contribution < 1.29 is 0 Å². The molecule has 0 spiro atoms. The molecule has 0 saturated carbocycles. The summed E-state index contributed by atoms with van der Waals surface area (Å²) < 4.78 is 0. The molecule has 0 aliphatic heterocycles. The highest BCUT2D eigenvalue weighted by atomic mass is 35.5. The van der Waals surface area contributed by atoms with Gasteiger partial charge in [0, 0.05) is 16.0 Å². The van der Waals surface area contributed by atoms with Crippen LogP contribution in [0.1, 0.15) is 21.4 Å². The van der Waals surface area contributed by atoms with Crippen molar-refractivity contribution in [3.05, 3.63) is 50.9 Å². The Morgan fingerprint density at radius 1 is 1.38 bits per heavy atom. The first-order chi connectivity index (χ1) is 7.70. The summed E-state index contributed by atoms with van der Waals surface area (Å²) in [6.45, 7) is 2.07. The number of pyridine rings is 1. The molecular formula is C11H12ClN3S. The highest BCUT2D eigenvalue weighted by molar-refractivity contribution is 7.12. The van der Waals surface area contributed by atoms with E-state index in [1.54, 1.807) is 23.6 Å². The maximum Gasteiger partial charge on any atom is 0.129 e. The number of hydrogen-bond acceptors (Lipinski definition) is 4. The fourth-order valence-electron chi connectivity index (χ4n) is 1.51. The summed E-state index contributed by atoms with van der Waals surface area (Å²) in [5, 5.41) is 0.488. The van der Waals surface area contributed by atoms with Gasteiger partial charge >= 0.3 is 0 Å². The second-order valence-corrected chi connectivity index (χ2v) is 5.17. The summed E-state index contributed by atoms with van der Waals surface area (Å²) in [6, 6.07) is 7.81. The zero-order valence-corrected chi connectivity index (χ0v) is 10.3. The van der Waals surface area contributed by atoms with Gasteiger partial charge in [-0.05, 0) is 30.7 Å². The minimum atomic E-state index is -0.0246. The lowest BCUT2D eigenvalue weighted by Gasteiger charge is -2.14. The average Bonchev–Trinajstić information content (AvgIpc) is 2.69. The Hall–Kier alpha value is -0.940. The van der Waals surface area contributed by atoms with Gasteiger partial charge in [-0.1, -0.05) is 17.7 Å². The Morgan fingerprint density at radius 2 is 2.19 bits per heavy atom.